The third-order valence-corrected chi connectivity index (χ3v) is 5.21. The van der Waals surface area contributed by atoms with Gasteiger partial charge in [-0.2, -0.15) is 5.10 Å². The second-order valence-corrected chi connectivity index (χ2v) is 7.08. The third-order valence-electron chi connectivity index (χ3n) is 5.21. The number of nitrogens with one attached hydrogen (secondary N) is 2. The number of fused-ring (bicyclic) bond motifs is 1. The number of hydrogen-bond donors (Lipinski definition) is 2. The highest BCUT2D eigenvalue weighted by molar-refractivity contribution is 6.04. The molecule has 2 aromatic rings. The molecule has 2 aliphatic heterocycles. The van der Waals surface area contributed by atoms with Gasteiger partial charge in [0.2, 0.25) is 0 Å². The summed E-state index contributed by atoms with van der Waals surface area (Å²) >= 11 is 0. The second kappa shape index (κ2) is 7.00. The Morgan fingerprint density at radius 2 is 2.04 bits per heavy atom. The molecule has 0 aromatic carbocycles. The van der Waals surface area contributed by atoms with Crippen LogP contribution in [0.4, 0.5) is 5.82 Å². The highest BCUT2D eigenvalue weighted by Gasteiger charge is 2.23. The minimum absolute atomic E-state index is 0.108. The molecule has 0 saturated carbocycles. The number of pyridine rings is 1. The van der Waals surface area contributed by atoms with Crippen LogP contribution >= 0.6 is 0 Å². The summed E-state index contributed by atoms with van der Waals surface area (Å²) in [5.74, 6) is 0.882. The van der Waals surface area contributed by atoms with Crippen molar-refractivity contribution in [2.45, 2.75) is 38.1 Å². The maximum absolute atomic E-state index is 12.6. The molecule has 2 aliphatic rings. The Balaban J connectivity index is 1.60. The number of carbonyl (C=O) groups excluding carboxylic acids is 1. The lowest BCUT2D eigenvalue weighted by molar-refractivity contribution is 0.0936. The predicted octanol–water partition coefficient (Wildman–Crippen LogP) is 1.44. The summed E-state index contributed by atoms with van der Waals surface area (Å²) in [7, 11) is 1.86. The Bertz CT molecular complexity index is 756. The van der Waals surface area contributed by atoms with Gasteiger partial charge in [0.15, 0.2) is 11.3 Å². The van der Waals surface area contributed by atoms with Crippen molar-refractivity contribution in [1.82, 2.24) is 25.4 Å². The minimum Gasteiger partial charge on any atom is -0.357 e. The largest absolute Gasteiger partial charge is 0.357 e. The van der Waals surface area contributed by atoms with Crippen LogP contribution < -0.4 is 15.5 Å². The first-order chi connectivity index (χ1) is 12.2. The van der Waals surface area contributed by atoms with Crippen LogP contribution in [0.1, 0.15) is 42.6 Å². The maximum Gasteiger partial charge on any atom is 0.272 e. The van der Waals surface area contributed by atoms with Crippen LogP contribution in [0.5, 0.6) is 0 Å². The van der Waals surface area contributed by atoms with E-state index in [0.29, 0.717) is 5.69 Å². The molecule has 1 amide bonds. The smallest absolute Gasteiger partial charge is 0.272 e. The van der Waals surface area contributed by atoms with Crippen molar-refractivity contribution in [1.29, 1.82) is 0 Å². The molecule has 4 heterocycles. The molecule has 0 radical (unpaired) electrons. The van der Waals surface area contributed by atoms with Crippen molar-refractivity contribution >= 4 is 22.8 Å². The Morgan fingerprint density at radius 3 is 2.76 bits per heavy atom. The molecule has 2 aromatic heterocycles. The summed E-state index contributed by atoms with van der Waals surface area (Å²) in [6, 6.07) is 4.22. The van der Waals surface area contributed by atoms with Gasteiger partial charge in [-0.05, 0) is 37.9 Å². The Morgan fingerprint density at radius 1 is 1.24 bits per heavy atom. The van der Waals surface area contributed by atoms with Crippen LogP contribution in [0.2, 0.25) is 0 Å². The zero-order chi connectivity index (χ0) is 17.2. The van der Waals surface area contributed by atoms with E-state index in [4.69, 9.17) is 4.98 Å². The number of amides is 1. The average Bonchev–Trinajstić information content (AvgIpc) is 3.14. The van der Waals surface area contributed by atoms with Gasteiger partial charge >= 0.3 is 0 Å². The van der Waals surface area contributed by atoms with E-state index in [0.717, 1.165) is 49.5 Å². The molecule has 1 atom stereocenters. The molecule has 7 heteroatoms. The van der Waals surface area contributed by atoms with Gasteiger partial charge in [0.25, 0.3) is 5.91 Å². The van der Waals surface area contributed by atoms with Crippen molar-refractivity contribution in [3.63, 3.8) is 0 Å². The summed E-state index contributed by atoms with van der Waals surface area (Å²) in [4.78, 5) is 19.8. The van der Waals surface area contributed by atoms with Crippen molar-refractivity contribution < 1.29 is 4.79 Å². The van der Waals surface area contributed by atoms with Crippen LogP contribution in [0, 0.1) is 0 Å². The molecular weight excluding hydrogens is 316 g/mol. The first-order valence-electron chi connectivity index (χ1n) is 9.32. The van der Waals surface area contributed by atoms with Crippen LogP contribution in [0.25, 0.3) is 11.0 Å². The molecule has 4 rings (SSSR count). The normalized spacial score (nSPS) is 21.5. The van der Waals surface area contributed by atoms with Crippen LogP contribution in [0.15, 0.2) is 12.1 Å². The van der Waals surface area contributed by atoms with E-state index in [1.165, 1.54) is 25.7 Å². The van der Waals surface area contributed by atoms with E-state index in [9.17, 15) is 4.79 Å². The van der Waals surface area contributed by atoms with Gasteiger partial charge in [-0.3, -0.25) is 4.79 Å². The Hall–Kier alpha value is -2.15. The standard InChI is InChI=1S/C18H26N6O/c1-23-17-14(16(22-23)18(25)20-13-8-9-19-12-13)6-7-15(21-17)24-10-4-2-3-5-11-24/h6-7,13,19H,2-5,8-12H2,1H3,(H,20,25)/t13-/m0/s1. The molecule has 0 spiro atoms. The SMILES string of the molecule is Cn1nc(C(=O)N[C@H]2CCNC2)c2ccc(N3CCCCCC3)nc21. The summed E-state index contributed by atoms with van der Waals surface area (Å²) in [5.41, 5.74) is 1.25. The minimum atomic E-state index is -0.108. The van der Waals surface area contributed by atoms with Crippen molar-refractivity contribution in [2.75, 3.05) is 31.1 Å². The van der Waals surface area contributed by atoms with Gasteiger partial charge in [-0.25, -0.2) is 9.67 Å². The van der Waals surface area contributed by atoms with Crippen molar-refractivity contribution in [3.05, 3.63) is 17.8 Å². The zero-order valence-corrected chi connectivity index (χ0v) is 14.8. The fourth-order valence-electron chi connectivity index (χ4n) is 3.80. The van der Waals surface area contributed by atoms with Crippen molar-refractivity contribution in [2.24, 2.45) is 7.05 Å². The third kappa shape index (κ3) is 3.33. The predicted molar refractivity (Wildman–Crippen MR) is 97.9 cm³/mol. The Labute approximate surface area is 147 Å². The summed E-state index contributed by atoms with van der Waals surface area (Å²) < 4.78 is 1.72. The lowest BCUT2D eigenvalue weighted by atomic mass is 10.2. The number of nitrogens with zero attached hydrogens (tertiary/aromatic N) is 4. The van der Waals surface area contributed by atoms with E-state index in [2.05, 4.69) is 20.6 Å². The molecule has 0 bridgehead atoms. The zero-order valence-electron chi connectivity index (χ0n) is 14.8. The molecule has 2 fully saturated rings. The molecular formula is C18H26N6O. The van der Waals surface area contributed by atoms with E-state index >= 15 is 0 Å². The van der Waals surface area contributed by atoms with Gasteiger partial charge < -0.3 is 15.5 Å². The summed E-state index contributed by atoms with van der Waals surface area (Å²) in [6.07, 6.45) is 5.99. The van der Waals surface area contributed by atoms with Crippen LogP contribution in [-0.4, -0.2) is 52.9 Å². The van der Waals surface area contributed by atoms with E-state index < -0.39 is 0 Å². The van der Waals surface area contributed by atoms with E-state index in [1.807, 2.05) is 19.2 Å². The average molecular weight is 342 g/mol. The molecule has 134 valence electrons. The molecule has 0 aliphatic carbocycles. The molecule has 2 saturated heterocycles. The van der Waals surface area contributed by atoms with Crippen LogP contribution in [-0.2, 0) is 7.05 Å². The van der Waals surface area contributed by atoms with Gasteiger partial charge in [0.05, 0.1) is 5.39 Å². The second-order valence-electron chi connectivity index (χ2n) is 7.08. The summed E-state index contributed by atoms with van der Waals surface area (Å²) in [6.45, 7) is 3.89. The first-order valence-corrected chi connectivity index (χ1v) is 9.32. The van der Waals surface area contributed by atoms with Gasteiger partial charge in [0.1, 0.15) is 5.82 Å². The highest BCUT2D eigenvalue weighted by atomic mass is 16.2. The van der Waals surface area contributed by atoms with Gasteiger partial charge in [-0.1, -0.05) is 12.8 Å². The highest BCUT2D eigenvalue weighted by Crippen LogP contribution is 2.23. The fourth-order valence-corrected chi connectivity index (χ4v) is 3.80. The van der Waals surface area contributed by atoms with Crippen LogP contribution in [0.3, 0.4) is 0 Å². The lowest BCUT2D eigenvalue weighted by Gasteiger charge is -2.21. The number of aryl methyl sites for hydroxylation is 1. The van der Waals surface area contributed by atoms with E-state index in [1.54, 1.807) is 4.68 Å². The van der Waals surface area contributed by atoms with Crippen molar-refractivity contribution in [3.8, 4) is 0 Å². The molecule has 25 heavy (non-hydrogen) atoms. The maximum atomic E-state index is 12.6. The first kappa shape index (κ1) is 16.3. The van der Waals surface area contributed by atoms with Gasteiger partial charge in [-0.15, -0.1) is 0 Å². The van der Waals surface area contributed by atoms with E-state index in [-0.39, 0.29) is 11.9 Å². The molecule has 2 N–H and O–H groups in total. The summed E-state index contributed by atoms with van der Waals surface area (Å²) in [5, 5.41) is 11.6. The molecule has 0 unspecified atom stereocenters. The topological polar surface area (TPSA) is 75.1 Å². The fraction of sp³-hybridized carbons (Fsp3) is 0.611. The number of carbonyl (C=O) groups is 1. The number of anilines is 1. The van der Waals surface area contributed by atoms with Gasteiger partial charge in [0, 0.05) is 32.7 Å². The number of rotatable bonds is 3. The molecule has 7 nitrogen and oxygen atoms in total. The quantitative estimate of drug-likeness (QED) is 0.883. The monoisotopic (exact) mass is 342 g/mol. The lowest BCUT2D eigenvalue weighted by Crippen LogP contribution is -2.36. The number of hydrogen-bond acceptors (Lipinski definition) is 5. The Kier molecular flexibility index (Phi) is 4.57. The number of aromatic nitrogens is 3.